The molecule has 114 valence electrons. The number of halogens is 2. The summed E-state index contributed by atoms with van der Waals surface area (Å²) in [6.45, 7) is 0.534. The third kappa shape index (κ3) is 3.71. The number of nitrogens with zero attached hydrogens (tertiary/aromatic N) is 1. The van der Waals surface area contributed by atoms with Crippen molar-refractivity contribution in [3.63, 3.8) is 0 Å². The monoisotopic (exact) mass is 346 g/mol. The molecule has 1 aliphatic carbocycles. The van der Waals surface area contributed by atoms with Gasteiger partial charge >= 0.3 is 0 Å². The van der Waals surface area contributed by atoms with Crippen LogP contribution in [0.1, 0.15) is 18.4 Å². The smallest absolute Gasteiger partial charge is 0.245 e. The van der Waals surface area contributed by atoms with Crippen LogP contribution in [0.5, 0.6) is 0 Å². The zero-order chi connectivity index (χ0) is 15.6. The van der Waals surface area contributed by atoms with Gasteiger partial charge in [0.1, 0.15) is 4.90 Å². The highest BCUT2D eigenvalue weighted by Crippen LogP contribution is 2.34. The minimum atomic E-state index is -3.79. The van der Waals surface area contributed by atoms with Gasteiger partial charge in [0.2, 0.25) is 10.0 Å². The normalized spacial score (nSPS) is 15.2. The van der Waals surface area contributed by atoms with Crippen LogP contribution in [0.2, 0.25) is 10.0 Å². The van der Waals surface area contributed by atoms with Crippen LogP contribution >= 0.6 is 23.2 Å². The van der Waals surface area contributed by atoms with Gasteiger partial charge in [-0.05, 0) is 36.5 Å². The standard InChI is InChI=1S/C14H16Cl2N2O2S/c1-2-5-18(9-10-3-4-10)21(19,20)13-7-12(15)6-11(8-17)14(13)16/h1,6-7,10H,3-5,8-9,17H2. The molecule has 2 N–H and O–H groups in total. The summed E-state index contributed by atoms with van der Waals surface area (Å²) < 4.78 is 26.8. The van der Waals surface area contributed by atoms with E-state index in [1.807, 2.05) is 0 Å². The number of rotatable bonds is 6. The lowest BCUT2D eigenvalue weighted by Gasteiger charge is -2.21. The van der Waals surface area contributed by atoms with E-state index in [0.717, 1.165) is 12.8 Å². The summed E-state index contributed by atoms with van der Waals surface area (Å²) in [6, 6.07) is 2.91. The topological polar surface area (TPSA) is 63.4 Å². The van der Waals surface area contributed by atoms with E-state index < -0.39 is 10.0 Å². The number of benzene rings is 1. The third-order valence-electron chi connectivity index (χ3n) is 3.34. The van der Waals surface area contributed by atoms with Crippen molar-refractivity contribution in [1.29, 1.82) is 0 Å². The van der Waals surface area contributed by atoms with Crippen molar-refractivity contribution in [3.05, 3.63) is 27.7 Å². The maximum atomic E-state index is 12.8. The predicted octanol–water partition coefficient (Wildman–Crippen LogP) is 2.49. The van der Waals surface area contributed by atoms with Crippen molar-refractivity contribution in [1.82, 2.24) is 4.31 Å². The second-order valence-electron chi connectivity index (χ2n) is 5.03. The van der Waals surface area contributed by atoms with Crippen LogP contribution in [0.25, 0.3) is 0 Å². The summed E-state index contributed by atoms with van der Waals surface area (Å²) in [4.78, 5) is -0.0342. The molecule has 1 saturated carbocycles. The Bertz CT molecular complexity index is 679. The van der Waals surface area contributed by atoms with E-state index >= 15 is 0 Å². The molecule has 2 rings (SSSR count). The van der Waals surface area contributed by atoms with Crippen molar-refractivity contribution in [2.24, 2.45) is 11.7 Å². The molecule has 0 aliphatic heterocycles. The van der Waals surface area contributed by atoms with Crippen molar-refractivity contribution in [2.75, 3.05) is 13.1 Å². The van der Waals surface area contributed by atoms with Gasteiger partial charge in [-0.15, -0.1) is 6.42 Å². The third-order valence-corrected chi connectivity index (χ3v) is 5.96. The van der Waals surface area contributed by atoms with Crippen LogP contribution in [-0.4, -0.2) is 25.8 Å². The molecule has 1 aliphatic rings. The molecule has 1 fully saturated rings. The fourth-order valence-corrected chi connectivity index (χ4v) is 4.38. The minimum Gasteiger partial charge on any atom is -0.326 e. The summed E-state index contributed by atoms with van der Waals surface area (Å²) in [5, 5.41) is 0.394. The van der Waals surface area contributed by atoms with Crippen LogP contribution in [0.3, 0.4) is 0 Å². The molecule has 1 aromatic carbocycles. The highest BCUT2D eigenvalue weighted by molar-refractivity contribution is 7.89. The first kappa shape index (κ1) is 16.6. The lowest BCUT2D eigenvalue weighted by atomic mass is 10.2. The Kier molecular flexibility index (Phi) is 5.18. The molecule has 0 bridgehead atoms. The van der Waals surface area contributed by atoms with E-state index in [1.165, 1.54) is 10.4 Å². The highest BCUT2D eigenvalue weighted by atomic mass is 35.5. The van der Waals surface area contributed by atoms with Crippen LogP contribution in [-0.2, 0) is 16.6 Å². The summed E-state index contributed by atoms with van der Waals surface area (Å²) in [5.41, 5.74) is 6.07. The summed E-state index contributed by atoms with van der Waals surface area (Å²) in [6.07, 6.45) is 7.33. The fraction of sp³-hybridized carbons (Fsp3) is 0.429. The van der Waals surface area contributed by atoms with Crippen molar-refractivity contribution >= 4 is 33.2 Å². The molecule has 0 unspecified atom stereocenters. The van der Waals surface area contributed by atoms with Gasteiger partial charge in [0.25, 0.3) is 0 Å². The molecule has 0 saturated heterocycles. The Morgan fingerprint density at radius 2 is 2.05 bits per heavy atom. The molecule has 0 spiro atoms. The maximum Gasteiger partial charge on any atom is 0.245 e. The quantitative estimate of drug-likeness (QED) is 0.804. The van der Waals surface area contributed by atoms with Gasteiger partial charge in [-0.25, -0.2) is 8.42 Å². The van der Waals surface area contributed by atoms with Crippen LogP contribution in [0.4, 0.5) is 0 Å². The first-order valence-electron chi connectivity index (χ1n) is 6.51. The van der Waals surface area contributed by atoms with E-state index in [-0.39, 0.29) is 28.0 Å². The number of hydrogen-bond donors (Lipinski definition) is 1. The Morgan fingerprint density at radius 3 is 2.57 bits per heavy atom. The second-order valence-corrected chi connectivity index (χ2v) is 7.75. The predicted molar refractivity (Wildman–Crippen MR) is 84.7 cm³/mol. The average molecular weight is 347 g/mol. The van der Waals surface area contributed by atoms with Crippen LogP contribution in [0.15, 0.2) is 17.0 Å². The molecule has 0 aromatic heterocycles. The van der Waals surface area contributed by atoms with Gasteiger partial charge < -0.3 is 5.73 Å². The summed E-state index contributed by atoms with van der Waals surface area (Å²) >= 11 is 12.1. The fourth-order valence-electron chi connectivity index (χ4n) is 2.03. The van der Waals surface area contributed by atoms with Crippen molar-refractivity contribution in [2.45, 2.75) is 24.3 Å². The lowest BCUT2D eigenvalue weighted by Crippen LogP contribution is -2.33. The molecule has 21 heavy (non-hydrogen) atoms. The molecule has 4 nitrogen and oxygen atoms in total. The number of sulfonamides is 1. The van der Waals surface area contributed by atoms with Gasteiger partial charge in [-0.1, -0.05) is 29.1 Å². The molecule has 0 heterocycles. The van der Waals surface area contributed by atoms with Crippen LogP contribution < -0.4 is 5.73 Å². The zero-order valence-electron chi connectivity index (χ0n) is 11.4. The molecule has 0 radical (unpaired) electrons. The van der Waals surface area contributed by atoms with Gasteiger partial charge in [0.15, 0.2) is 0 Å². The molecular weight excluding hydrogens is 331 g/mol. The number of terminal acetylenes is 1. The van der Waals surface area contributed by atoms with Crippen LogP contribution in [0, 0.1) is 18.3 Å². The number of hydrogen-bond acceptors (Lipinski definition) is 3. The first-order chi connectivity index (χ1) is 9.90. The van der Waals surface area contributed by atoms with Crippen molar-refractivity contribution < 1.29 is 8.42 Å². The average Bonchev–Trinajstić information content (AvgIpc) is 3.24. The van der Waals surface area contributed by atoms with Gasteiger partial charge in [0.05, 0.1) is 11.6 Å². The van der Waals surface area contributed by atoms with Gasteiger partial charge in [-0.2, -0.15) is 4.31 Å². The maximum absolute atomic E-state index is 12.8. The molecule has 0 amide bonds. The Labute approximate surface area is 135 Å². The Hall–Kier alpha value is -0.770. The first-order valence-corrected chi connectivity index (χ1v) is 8.71. The van der Waals surface area contributed by atoms with Crippen molar-refractivity contribution in [3.8, 4) is 12.3 Å². The molecule has 7 heteroatoms. The lowest BCUT2D eigenvalue weighted by molar-refractivity contribution is 0.430. The Balaban J connectivity index is 2.46. The SMILES string of the molecule is C#CCN(CC1CC1)S(=O)(=O)c1cc(Cl)cc(CN)c1Cl. The van der Waals surface area contributed by atoms with E-state index in [1.54, 1.807) is 6.07 Å². The van der Waals surface area contributed by atoms with Gasteiger partial charge in [0, 0.05) is 18.1 Å². The summed E-state index contributed by atoms with van der Waals surface area (Å²) in [7, 11) is -3.79. The molecule has 0 atom stereocenters. The second kappa shape index (κ2) is 6.55. The van der Waals surface area contributed by atoms with E-state index in [4.69, 9.17) is 35.4 Å². The van der Waals surface area contributed by atoms with E-state index in [2.05, 4.69) is 5.92 Å². The molecule has 1 aromatic rings. The summed E-state index contributed by atoms with van der Waals surface area (Å²) in [5.74, 6) is 2.76. The molecular formula is C14H16Cl2N2O2S. The largest absolute Gasteiger partial charge is 0.326 e. The zero-order valence-corrected chi connectivity index (χ0v) is 13.7. The Morgan fingerprint density at radius 1 is 1.38 bits per heavy atom. The number of nitrogens with two attached hydrogens (primary N) is 1. The minimum absolute atomic E-state index is 0.0135. The highest BCUT2D eigenvalue weighted by Gasteiger charge is 2.33. The van der Waals surface area contributed by atoms with E-state index in [0.29, 0.717) is 18.0 Å². The van der Waals surface area contributed by atoms with E-state index in [9.17, 15) is 8.42 Å². The van der Waals surface area contributed by atoms with Gasteiger partial charge in [-0.3, -0.25) is 0 Å².